The lowest BCUT2D eigenvalue weighted by Crippen LogP contribution is -2.57. The fourth-order valence-corrected chi connectivity index (χ4v) is 2.94. The summed E-state index contributed by atoms with van der Waals surface area (Å²) in [4.78, 5) is 71.0. The van der Waals surface area contributed by atoms with Crippen LogP contribution in [0.25, 0.3) is 0 Å². The molecule has 4 atom stereocenters. The Hall–Kier alpha value is -3.26. The second-order valence-electron chi connectivity index (χ2n) is 8.24. The summed E-state index contributed by atoms with van der Waals surface area (Å²) in [6.07, 6.45) is -0.361. The lowest BCUT2D eigenvalue weighted by Gasteiger charge is -2.25. The number of carboxylic acid groups (broad SMARTS) is 3. The van der Waals surface area contributed by atoms with Gasteiger partial charge in [-0.3, -0.25) is 24.0 Å². The fraction of sp³-hybridized carbons (Fsp3) is 0.700. The average molecular weight is 490 g/mol. The SMILES string of the molecule is CC(C)CC(NC(=O)C(CC(=O)O)NC(=O)C(N)CC(=O)O)C(=O)NC(CCCCN)C(=O)O. The lowest BCUT2D eigenvalue weighted by molar-refractivity contribution is -0.143. The monoisotopic (exact) mass is 489 g/mol. The first-order valence-corrected chi connectivity index (χ1v) is 10.8. The number of nitrogens with one attached hydrogen (secondary N) is 3. The Morgan fingerprint density at radius 3 is 1.71 bits per heavy atom. The van der Waals surface area contributed by atoms with Gasteiger partial charge in [-0.1, -0.05) is 13.8 Å². The maximum atomic E-state index is 12.8. The van der Waals surface area contributed by atoms with Gasteiger partial charge in [0.05, 0.1) is 18.9 Å². The average Bonchev–Trinajstić information content (AvgIpc) is 2.70. The van der Waals surface area contributed by atoms with Crippen LogP contribution in [0.5, 0.6) is 0 Å². The number of carboxylic acids is 3. The molecule has 14 nitrogen and oxygen atoms in total. The smallest absolute Gasteiger partial charge is 0.326 e. The van der Waals surface area contributed by atoms with E-state index in [1.54, 1.807) is 13.8 Å². The van der Waals surface area contributed by atoms with E-state index in [1.807, 2.05) is 0 Å². The molecule has 3 amide bonds. The van der Waals surface area contributed by atoms with Gasteiger partial charge in [0.1, 0.15) is 18.1 Å². The van der Waals surface area contributed by atoms with Crippen LogP contribution in [0.1, 0.15) is 52.4 Å². The highest BCUT2D eigenvalue weighted by Gasteiger charge is 2.32. The van der Waals surface area contributed by atoms with Crippen molar-refractivity contribution >= 4 is 35.6 Å². The van der Waals surface area contributed by atoms with Gasteiger partial charge in [0.2, 0.25) is 17.7 Å². The van der Waals surface area contributed by atoms with E-state index >= 15 is 0 Å². The highest BCUT2D eigenvalue weighted by molar-refractivity contribution is 5.96. The van der Waals surface area contributed by atoms with Crippen LogP contribution in [0, 0.1) is 5.92 Å². The van der Waals surface area contributed by atoms with Crippen molar-refractivity contribution in [2.45, 2.75) is 76.5 Å². The molecule has 0 saturated carbocycles. The second-order valence-corrected chi connectivity index (χ2v) is 8.24. The van der Waals surface area contributed by atoms with Gasteiger partial charge in [0, 0.05) is 0 Å². The zero-order valence-electron chi connectivity index (χ0n) is 19.3. The van der Waals surface area contributed by atoms with E-state index in [2.05, 4.69) is 16.0 Å². The molecule has 0 rings (SSSR count). The number of carbonyl (C=O) groups is 6. The standard InChI is InChI=1S/C20H35N5O9/c1-10(2)7-13(18(31)23-12(20(33)34)5-3-4-6-21)25-19(32)14(9-16(28)29)24-17(30)11(22)8-15(26)27/h10-14H,3-9,21-22H2,1-2H3,(H,23,31)(H,24,30)(H,25,32)(H,26,27)(H,28,29)(H,33,34). The number of rotatable bonds is 17. The number of hydrogen-bond donors (Lipinski definition) is 8. The van der Waals surface area contributed by atoms with Crippen LogP contribution < -0.4 is 27.4 Å². The molecule has 10 N–H and O–H groups in total. The van der Waals surface area contributed by atoms with Crippen molar-refractivity contribution in [3.05, 3.63) is 0 Å². The van der Waals surface area contributed by atoms with Crippen molar-refractivity contribution in [1.82, 2.24) is 16.0 Å². The molecular formula is C20H35N5O9. The summed E-state index contributed by atoms with van der Waals surface area (Å²) in [6, 6.07) is -5.60. The Labute approximate surface area is 196 Å². The first kappa shape index (κ1) is 30.7. The number of hydrogen-bond acceptors (Lipinski definition) is 8. The summed E-state index contributed by atoms with van der Waals surface area (Å²) in [5.41, 5.74) is 10.8. The van der Waals surface area contributed by atoms with Crippen molar-refractivity contribution < 1.29 is 44.1 Å². The summed E-state index contributed by atoms with van der Waals surface area (Å²) in [5, 5.41) is 34.0. The van der Waals surface area contributed by atoms with Gasteiger partial charge in [0.15, 0.2) is 0 Å². The summed E-state index contributed by atoms with van der Waals surface area (Å²) in [7, 11) is 0. The number of aliphatic carboxylic acids is 3. The van der Waals surface area contributed by atoms with Crippen LogP contribution in [-0.4, -0.2) is 81.7 Å². The van der Waals surface area contributed by atoms with Crippen LogP contribution in [0.15, 0.2) is 0 Å². The summed E-state index contributed by atoms with van der Waals surface area (Å²) >= 11 is 0. The van der Waals surface area contributed by atoms with E-state index in [0.29, 0.717) is 19.4 Å². The minimum atomic E-state index is -1.65. The summed E-state index contributed by atoms with van der Waals surface area (Å²) in [5.74, 6) is -7.05. The van der Waals surface area contributed by atoms with Crippen molar-refractivity contribution in [3.63, 3.8) is 0 Å². The minimum absolute atomic E-state index is 0.0962. The van der Waals surface area contributed by atoms with Crippen LogP contribution in [0.3, 0.4) is 0 Å². The Bertz CT molecular complexity index is 744. The lowest BCUT2D eigenvalue weighted by atomic mass is 10.0. The molecule has 0 aromatic carbocycles. The molecular weight excluding hydrogens is 454 g/mol. The van der Waals surface area contributed by atoms with Crippen molar-refractivity contribution in [2.75, 3.05) is 6.54 Å². The van der Waals surface area contributed by atoms with Gasteiger partial charge in [0.25, 0.3) is 0 Å². The molecule has 0 aromatic rings. The Morgan fingerprint density at radius 1 is 0.735 bits per heavy atom. The first-order chi connectivity index (χ1) is 15.8. The number of nitrogens with two attached hydrogens (primary N) is 2. The van der Waals surface area contributed by atoms with Gasteiger partial charge in [-0.15, -0.1) is 0 Å². The quantitative estimate of drug-likeness (QED) is 0.103. The molecule has 0 heterocycles. The van der Waals surface area contributed by atoms with Crippen LogP contribution in [0.4, 0.5) is 0 Å². The third-order valence-corrected chi connectivity index (χ3v) is 4.64. The van der Waals surface area contributed by atoms with Gasteiger partial charge in [-0.2, -0.15) is 0 Å². The zero-order chi connectivity index (χ0) is 26.4. The molecule has 0 aliphatic heterocycles. The predicted molar refractivity (Wildman–Crippen MR) is 118 cm³/mol. The molecule has 0 aliphatic carbocycles. The van der Waals surface area contributed by atoms with Crippen molar-refractivity contribution in [2.24, 2.45) is 17.4 Å². The van der Waals surface area contributed by atoms with Gasteiger partial charge < -0.3 is 42.7 Å². The fourth-order valence-electron chi connectivity index (χ4n) is 2.94. The van der Waals surface area contributed by atoms with Gasteiger partial charge >= 0.3 is 17.9 Å². The van der Waals surface area contributed by atoms with Crippen LogP contribution >= 0.6 is 0 Å². The second kappa shape index (κ2) is 15.6. The van der Waals surface area contributed by atoms with E-state index in [0.717, 1.165) is 0 Å². The third kappa shape index (κ3) is 12.7. The highest BCUT2D eigenvalue weighted by atomic mass is 16.4. The van der Waals surface area contributed by atoms with Gasteiger partial charge in [-0.05, 0) is 38.1 Å². The maximum absolute atomic E-state index is 12.8. The van der Waals surface area contributed by atoms with E-state index < -0.39 is 72.6 Å². The Balaban J connectivity index is 5.48. The van der Waals surface area contributed by atoms with E-state index in [4.69, 9.17) is 21.7 Å². The molecule has 0 fully saturated rings. The molecule has 194 valence electrons. The van der Waals surface area contributed by atoms with Crippen molar-refractivity contribution in [3.8, 4) is 0 Å². The van der Waals surface area contributed by atoms with Crippen molar-refractivity contribution in [1.29, 1.82) is 0 Å². The molecule has 0 aromatic heterocycles. The minimum Gasteiger partial charge on any atom is -0.481 e. The topological polar surface area (TPSA) is 251 Å². The van der Waals surface area contributed by atoms with Gasteiger partial charge in [-0.25, -0.2) is 4.79 Å². The number of unbranched alkanes of at least 4 members (excludes halogenated alkanes) is 1. The van der Waals surface area contributed by atoms with Crippen LogP contribution in [-0.2, 0) is 28.8 Å². The van der Waals surface area contributed by atoms with E-state index in [1.165, 1.54) is 0 Å². The van der Waals surface area contributed by atoms with E-state index in [-0.39, 0.29) is 18.8 Å². The third-order valence-electron chi connectivity index (χ3n) is 4.64. The van der Waals surface area contributed by atoms with Crippen LogP contribution in [0.2, 0.25) is 0 Å². The normalized spacial score (nSPS) is 14.4. The summed E-state index contributed by atoms with van der Waals surface area (Å²) < 4.78 is 0. The molecule has 4 unspecified atom stereocenters. The maximum Gasteiger partial charge on any atom is 0.326 e. The Morgan fingerprint density at radius 2 is 1.24 bits per heavy atom. The first-order valence-electron chi connectivity index (χ1n) is 10.8. The number of carbonyl (C=O) groups excluding carboxylic acids is 3. The summed E-state index contributed by atoms with van der Waals surface area (Å²) in [6.45, 7) is 3.87. The van der Waals surface area contributed by atoms with E-state index in [9.17, 15) is 33.9 Å². The molecule has 0 radical (unpaired) electrons. The molecule has 0 saturated heterocycles. The molecule has 0 spiro atoms. The Kier molecular flexibility index (Phi) is 14.1. The largest absolute Gasteiger partial charge is 0.481 e. The molecule has 0 bridgehead atoms. The predicted octanol–water partition coefficient (Wildman–Crippen LogP) is -2.02. The zero-order valence-corrected chi connectivity index (χ0v) is 19.3. The highest BCUT2D eigenvalue weighted by Crippen LogP contribution is 2.08. The molecule has 14 heteroatoms. The molecule has 34 heavy (non-hydrogen) atoms. The number of amides is 3. The molecule has 0 aliphatic rings.